The van der Waals surface area contributed by atoms with E-state index in [9.17, 15) is 8.42 Å². The molecule has 0 aromatic carbocycles. The number of fused-ring (bicyclic) bond motifs is 1. The van der Waals surface area contributed by atoms with Gasteiger partial charge >= 0.3 is 0 Å². The Bertz CT molecular complexity index is 602. The van der Waals surface area contributed by atoms with E-state index in [1.807, 2.05) is 0 Å². The first-order valence-electron chi connectivity index (χ1n) is 4.29. The van der Waals surface area contributed by atoms with Crippen LogP contribution in [0.15, 0.2) is 23.2 Å². The average molecular weight is 226 g/mol. The van der Waals surface area contributed by atoms with Crippen LogP contribution < -0.4 is 4.72 Å². The van der Waals surface area contributed by atoms with Crippen LogP contribution in [0.1, 0.15) is 5.82 Å². The average Bonchev–Trinajstić information content (AvgIpc) is 2.60. The van der Waals surface area contributed by atoms with Crippen LogP contribution in [0, 0.1) is 6.92 Å². The summed E-state index contributed by atoms with van der Waals surface area (Å²) in [5.74, 6) is 0.651. The largest absolute Gasteiger partial charge is 0.285 e. The predicted octanol–water partition coefficient (Wildman–Crippen LogP) is -0.0542. The molecule has 0 radical (unpaired) electrons. The second-order valence-corrected chi connectivity index (χ2v) is 4.93. The van der Waals surface area contributed by atoms with Gasteiger partial charge in [-0.2, -0.15) is 0 Å². The van der Waals surface area contributed by atoms with E-state index >= 15 is 0 Å². The smallest absolute Gasteiger partial charge is 0.241 e. The minimum absolute atomic E-state index is 0.195. The van der Waals surface area contributed by atoms with E-state index in [0.29, 0.717) is 11.5 Å². The van der Waals surface area contributed by atoms with Crippen LogP contribution in [-0.4, -0.2) is 30.1 Å². The van der Waals surface area contributed by atoms with E-state index in [2.05, 4.69) is 14.9 Å². The normalized spacial score (nSPS) is 12.1. The van der Waals surface area contributed by atoms with E-state index < -0.39 is 10.0 Å². The third-order valence-corrected chi connectivity index (χ3v) is 3.52. The molecule has 0 fully saturated rings. The zero-order valence-electron chi connectivity index (χ0n) is 8.30. The zero-order chi connectivity index (χ0) is 11.1. The van der Waals surface area contributed by atoms with Gasteiger partial charge in [-0.25, -0.2) is 13.1 Å². The summed E-state index contributed by atoms with van der Waals surface area (Å²) in [6, 6.07) is 3.11. The first-order chi connectivity index (χ1) is 7.04. The van der Waals surface area contributed by atoms with Gasteiger partial charge in [0.25, 0.3) is 0 Å². The quantitative estimate of drug-likeness (QED) is 0.778. The Labute approximate surface area is 87.0 Å². The number of pyridine rings is 1. The molecule has 2 heterocycles. The van der Waals surface area contributed by atoms with Crippen LogP contribution in [0.4, 0.5) is 0 Å². The topological polar surface area (TPSA) is 76.4 Å². The van der Waals surface area contributed by atoms with Gasteiger partial charge < -0.3 is 0 Å². The molecule has 0 spiro atoms. The van der Waals surface area contributed by atoms with Gasteiger partial charge in [0.05, 0.1) is 4.90 Å². The summed E-state index contributed by atoms with van der Waals surface area (Å²) in [5, 5.41) is 7.71. The highest BCUT2D eigenvalue weighted by Gasteiger charge is 2.12. The molecule has 15 heavy (non-hydrogen) atoms. The number of aryl methyl sites for hydroxylation is 1. The number of hydrogen-bond acceptors (Lipinski definition) is 4. The maximum atomic E-state index is 11.5. The molecule has 0 amide bonds. The van der Waals surface area contributed by atoms with Crippen molar-refractivity contribution in [3.05, 3.63) is 24.2 Å². The molecule has 80 valence electrons. The van der Waals surface area contributed by atoms with E-state index in [0.717, 1.165) is 0 Å². The second-order valence-electron chi connectivity index (χ2n) is 3.05. The number of sulfonamides is 1. The molecule has 0 saturated heterocycles. The second kappa shape index (κ2) is 3.28. The molecule has 0 unspecified atom stereocenters. The van der Waals surface area contributed by atoms with E-state index in [4.69, 9.17) is 0 Å². The van der Waals surface area contributed by atoms with Crippen LogP contribution in [0.5, 0.6) is 0 Å². The van der Waals surface area contributed by atoms with E-state index in [-0.39, 0.29) is 4.90 Å². The van der Waals surface area contributed by atoms with Crippen molar-refractivity contribution >= 4 is 15.7 Å². The number of aromatic nitrogens is 3. The summed E-state index contributed by atoms with van der Waals surface area (Å²) in [6.07, 6.45) is 1.50. The highest BCUT2D eigenvalue weighted by atomic mass is 32.2. The third kappa shape index (κ3) is 1.59. The number of hydrogen-bond donors (Lipinski definition) is 1. The maximum Gasteiger partial charge on any atom is 0.241 e. The van der Waals surface area contributed by atoms with Gasteiger partial charge in [-0.1, -0.05) is 0 Å². The fraction of sp³-hybridized carbons (Fsp3) is 0.250. The van der Waals surface area contributed by atoms with Crippen LogP contribution in [-0.2, 0) is 10.0 Å². The molecular formula is C8H10N4O2S. The molecule has 2 aromatic heterocycles. The molecule has 0 aliphatic rings. The highest BCUT2D eigenvalue weighted by molar-refractivity contribution is 7.89. The first-order valence-corrected chi connectivity index (χ1v) is 5.78. The lowest BCUT2D eigenvalue weighted by molar-refractivity contribution is 0.587. The van der Waals surface area contributed by atoms with Gasteiger partial charge in [-0.05, 0) is 26.1 Å². The molecule has 0 atom stereocenters. The third-order valence-electron chi connectivity index (χ3n) is 2.12. The molecule has 0 aliphatic heterocycles. The molecular weight excluding hydrogens is 216 g/mol. The molecule has 2 aromatic rings. The molecule has 0 saturated carbocycles. The summed E-state index contributed by atoms with van der Waals surface area (Å²) in [4.78, 5) is 0.195. The molecule has 6 nitrogen and oxygen atoms in total. The molecule has 2 rings (SSSR count). The number of nitrogens with one attached hydrogen (secondary N) is 1. The van der Waals surface area contributed by atoms with Gasteiger partial charge in [0, 0.05) is 6.20 Å². The van der Waals surface area contributed by atoms with Crippen molar-refractivity contribution in [3.63, 3.8) is 0 Å². The fourth-order valence-corrected chi connectivity index (χ4v) is 1.99. The number of nitrogens with zero attached hydrogens (tertiary/aromatic N) is 3. The van der Waals surface area contributed by atoms with Crippen molar-refractivity contribution in [3.8, 4) is 0 Å². The minimum Gasteiger partial charge on any atom is -0.285 e. The fourth-order valence-electron chi connectivity index (χ4n) is 1.26. The Morgan fingerprint density at radius 3 is 2.73 bits per heavy atom. The van der Waals surface area contributed by atoms with Gasteiger partial charge in [0.1, 0.15) is 5.82 Å². The van der Waals surface area contributed by atoms with Crippen molar-refractivity contribution in [1.29, 1.82) is 0 Å². The predicted molar refractivity (Wildman–Crippen MR) is 54.0 cm³/mol. The van der Waals surface area contributed by atoms with E-state index in [1.165, 1.54) is 19.3 Å². The summed E-state index contributed by atoms with van der Waals surface area (Å²) < 4.78 is 26.9. The summed E-state index contributed by atoms with van der Waals surface area (Å²) in [5.41, 5.74) is 0.627. The Kier molecular flexibility index (Phi) is 2.20. The van der Waals surface area contributed by atoms with Gasteiger partial charge in [-0.3, -0.25) is 4.40 Å². The SMILES string of the molecule is CNS(=O)(=O)c1ccc2nnc(C)n2c1. The summed E-state index contributed by atoms with van der Waals surface area (Å²) >= 11 is 0. The summed E-state index contributed by atoms with van der Waals surface area (Å²) in [7, 11) is -2.04. The molecule has 0 bridgehead atoms. The molecule has 1 N–H and O–H groups in total. The van der Waals surface area contributed by atoms with Crippen LogP contribution >= 0.6 is 0 Å². The van der Waals surface area contributed by atoms with E-state index in [1.54, 1.807) is 17.4 Å². The Morgan fingerprint density at radius 2 is 2.07 bits per heavy atom. The van der Waals surface area contributed by atoms with Crippen LogP contribution in [0.2, 0.25) is 0 Å². The number of rotatable bonds is 2. The first kappa shape index (κ1) is 10.1. The highest BCUT2D eigenvalue weighted by Crippen LogP contribution is 2.10. The Balaban J connectivity index is 2.70. The van der Waals surface area contributed by atoms with Gasteiger partial charge in [0.15, 0.2) is 5.65 Å². The maximum absolute atomic E-state index is 11.5. The lowest BCUT2D eigenvalue weighted by Crippen LogP contribution is -2.18. The van der Waals surface area contributed by atoms with Gasteiger partial charge in [-0.15, -0.1) is 10.2 Å². The Hall–Kier alpha value is -1.47. The van der Waals surface area contributed by atoms with Crippen molar-refractivity contribution in [2.24, 2.45) is 0 Å². The molecule has 0 aliphatic carbocycles. The lowest BCUT2D eigenvalue weighted by Gasteiger charge is -2.02. The monoisotopic (exact) mass is 226 g/mol. The van der Waals surface area contributed by atoms with Crippen molar-refractivity contribution in [1.82, 2.24) is 19.3 Å². The van der Waals surface area contributed by atoms with Crippen LogP contribution in [0.25, 0.3) is 5.65 Å². The minimum atomic E-state index is -3.41. The van der Waals surface area contributed by atoms with Crippen LogP contribution in [0.3, 0.4) is 0 Å². The molecule has 7 heteroatoms. The summed E-state index contributed by atoms with van der Waals surface area (Å²) in [6.45, 7) is 1.76. The van der Waals surface area contributed by atoms with Crippen molar-refractivity contribution < 1.29 is 8.42 Å². The van der Waals surface area contributed by atoms with Crippen molar-refractivity contribution in [2.45, 2.75) is 11.8 Å². The Morgan fingerprint density at radius 1 is 1.33 bits per heavy atom. The zero-order valence-corrected chi connectivity index (χ0v) is 9.11. The lowest BCUT2D eigenvalue weighted by atomic mass is 10.5. The van der Waals surface area contributed by atoms with Gasteiger partial charge in [0.2, 0.25) is 10.0 Å². The standard InChI is InChI=1S/C8H10N4O2S/c1-6-10-11-8-4-3-7(5-12(6)8)15(13,14)9-2/h3-5,9H,1-2H3. The van der Waals surface area contributed by atoms with Crippen molar-refractivity contribution in [2.75, 3.05) is 7.05 Å².